The Kier molecular flexibility index (Phi) is 5.23. The fraction of sp³-hybridized carbons (Fsp3) is 0.111. The maximum absolute atomic E-state index is 12.7. The van der Waals surface area contributed by atoms with Gasteiger partial charge < -0.3 is 15.4 Å². The quantitative estimate of drug-likeness (QED) is 0.720. The highest BCUT2D eigenvalue weighted by Gasteiger charge is 2.18. The van der Waals surface area contributed by atoms with E-state index in [2.05, 4.69) is 20.2 Å². The van der Waals surface area contributed by atoms with Gasteiger partial charge in [-0.3, -0.25) is 9.59 Å². The van der Waals surface area contributed by atoms with Crippen molar-refractivity contribution in [2.75, 3.05) is 17.7 Å². The predicted molar refractivity (Wildman–Crippen MR) is 101 cm³/mol. The molecule has 0 bridgehead atoms. The van der Waals surface area contributed by atoms with Crippen LogP contribution in [0.5, 0.6) is 5.75 Å². The maximum Gasteiger partial charge on any atom is 0.269 e. The normalized spacial score (nSPS) is 10.2. The number of ether oxygens (including phenoxy) is 1. The lowest BCUT2D eigenvalue weighted by molar-refractivity contribution is -0.114. The molecular formula is C18H16N4O3S. The van der Waals surface area contributed by atoms with Crippen LogP contribution in [0.15, 0.2) is 48.5 Å². The van der Waals surface area contributed by atoms with E-state index in [0.717, 1.165) is 17.1 Å². The first-order chi connectivity index (χ1) is 12.6. The minimum atomic E-state index is -0.321. The zero-order valence-electron chi connectivity index (χ0n) is 14.1. The summed E-state index contributed by atoms with van der Waals surface area (Å²) in [4.78, 5) is 24.2. The van der Waals surface area contributed by atoms with Crippen molar-refractivity contribution in [1.29, 1.82) is 0 Å². The van der Waals surface area contributed by atoms with Crippen LogP contribution >= 0.6 is 11.5 Å². The van der Waals surface area contributed by atoms with Crippen molar-refractivity contribution in [2.24, 2.45) is 0 Å². The van der Waals surface area contributed by atoms with E-state index >= 15 is 0 Å². The molecule has 26 heavy (non-hydrogen) atoms. The molecular weight excluding hydrogens is 352 g/mol. The molecule has 3 aromatic rings. The van der Waals surface area contributed by atoms with E-state index in [0.29, 0.717) is 27.7 Å². The molecule has 0 atom stereocenters. The first kappa shape index (κ1) is 17.6. The van der Waals surface area contributed by atoms with Crippen molar-refractivity contribution in [1.82, 2.24) is 9.59 Å². The Labute approximate surface area is 154 Å². The summed E-state index contributed by atoms with van der Waals surface area (Å²) in [5.74, 6) is 0.170. The van der Waals surface area contributed by atoms with Crippen LogP contribution in [-0.4, -0.2) is 28.5 Å². The molecule has 0 saturated heterocycles. The molecule has 0 fully saturated rings. The minimum absolute atomic E-state index is 0.180. The minimum Gasteiger partial charge on any atom is -0.497 e. The van der Waals surface area contributed by atoms with Crippen molar-refractivity contribution in [3.05, 3.63) is 53.4 Å². The van der Waals surface area contributed by atoms with E-state index in [9.17, 15) is 9.59 Å². The number of hydrogen-bond acceptors (Lipinski definition) is 6. The monoisotopic (exact) mass is 368 g/mol. The molecule has 1 aromatic heterocycles. The Bertz CT molecular complexity index is 955. The first-order valence-corrected chi connectivity index (χ1v) is 8.50. The third-order valence-electron chi connectivity index (χ3n) is 3.48. The number of nitrogens with zero attached hydrogens (tertiary/aromatic N) is 2. The molecule has 0 spiro atoms. The van der Waals surface area contributed by atoms with Gasteiger partial charge in [0.2, 0.25) is 5.91 Å². The van der Waals surface area contributed by atoms with Crippen molar-refractivity contribution in [3.8, 4) is 17.0 Å². The largest absolute Gasteiger partial charge is 0.497 e. The van der Waals surface area contributed by atoms with Gasteiger partial charge in [0.1, 0.15) is 16.3 Å². The van der Waals surface area contributed by atoms with Gasteiger partial charge in [0.05, 0.1) is 7.11 Å². The highest BCUT2D eigenvalue weighted by Crippen LogP contribution is 2.28. The van der Waals surface area contributed by atoms with Crippen LogP contribution in [0.3, 0.4) is 0 Å². The second-order valence-electron chi connectivity index (χ2n) is 5.40. The summed E-state index contributed by atoms with van der Waals surface area (Å²) in [7, 11) is 1.58. The number of carbonyl (C=O) groups is 2. The number of methoxy groups -OCH3 is 1. The average Bonchev–Trinajstić information content (AvgIpc) is 3.11. The summed E-state index contributed by atoms with van der Waals surface area (Å²) in [6.45, 7) is 1.43. The Morgan fingerprint density at radius 3 is 2.50 bits per heavy atom. The molecule has 0 aliphatic heterocycles. The summed E-state index contributed by atoms with van der Waals surface area (Å²) >= 11 is 1.02. The first-order valence-electron chi connectivity index (χ1n) is 7.72. The molecule has 2 aromatic carbocycles. The van der Waals surface area contributed by atoms with Gasteiger partial charge in [-0.15, -0.1) is 5.10 Å². The van der Waals surface area contributed by atoms with E-state index in [4.69, 9.17) is 4.74 Å². The van der Waals surface area contributed by atoms with E-state index < -0.39 is 0 Å². The van der Waals surface area contributed by atoms with E-state index in [1.807, 2.05) is 18.2 Å². The molecule has 0 saturated carbocycles. The highest BCUT2D eigenvalue weighted by molar-refractivity contribution is 7.08. The summed E-state index contributed by atoms with van der Waals surface area (Å²) < 4.78 is 9.12. The van der Waals surface area contributed by atoms with Crippen LogP contribution in [0.25, 0.3) is 11.3 Å². The van der Waals surface area contributed by atoms with Gasteiger partial charge in [0.25, 0.3) is 5.91 Å². The van der Waals surface area contributed by atoms with Gasteiger partial charge in [-0.2, -0.15) is 0 Å². The van der Waals surface area contributed by atoms with Crippen LogP contribution in [0.4, 0.5) is 11.4 Å². The summed E-state index contributed by atoms with van der Waals surface area (Å²) in [5.41, 5.74) is 2.40. The van der Waals surface area contributed by atoms with Crippen LogP contribution in [0.1, 0.15) is 16.6 Å². The van der Waals surface area contributed by atoms with Gasteiger partial charge >= 0.3 is 0 Å². The number of rotatable bonds is 5. The van der Waals surface area contributed by atoms with Crippen LogP contribution in [0.2, 0.25) is 0 Å². The fourth-order valence-electron chi connectivity index (χ4n) is 2.36. The molecule has 1 heterocycles. The SMILES string of the molecule is COc1cccc(-c2nnsc2C(=O)Nc2cccc(NC(C)=O)c2)c1. The van der Waals surface area contributed by atoms with Gasteiger partial charge in [0.15, 0.2) is 0 Å². The summed E-state index contributed by atoms with van der Waals surface area (Å²) in [5, 5.41) is 9.56. The number of carbonyl (C=O) groups excluding carboxylic acids is 2. The van der Waals surface area contributed by atoms with Crippen LogP contribution in [-0.2, 0) is 4.79 Å². The number of amides is 2. The predicted octanol–water partition coefficient (Wildman–Crippen LogP) is 3.42. The second-order valence-corrected chi connectivity index (χ2v) is 6.15. The van der Waals surface area contributed by atoms with E-state index in [1.54, 1.807) is 37.4 Å². The Hall–Kier alpha value is -3.26. The van der Waals surface area contributed by atoms with Crippen LogP contribution < -0.4 is 15.4 Å². The topological polar surface area (TPSA) is 93.2 Å². The number of benzene rings is 2. The molecule has 2 amide bonds. The molecule has 0 aliphatic carbocycles. The van der Waals surface area contributed by atoms with E-state index in [1.165, 1.54) is 6.92 Å². The molecule has 7 nitrogen and oxygen atoms in total. The molecule has 0 radical (unpaired) electrons. The second kappa shape index (κ2) is 7.75. The van der Waals surface area contributed by atoms with Gasteiger partial charge in [-0.25, -0.2) is 0 Å². The third-order valence-corrected chi connectivity index (χ3v) is 4.20. The smallest absolute Gasteiger partial charge is 0.269 e. The van der Waals surface area contributed by atoms with Crippen molar-refractivity contribution in [3.63, 3.8) is 0 Å². The Balaban J connectivity index is 1.83. The lowest BCUT2D eigenvalue weighted by Gasteiger charge is -2.08. The van der Waals surface area contributed by atoms with Crippen LogP contribution in [0, 0.1) is 0 Å². The molecule has 0 aliphatic rings. The molecule has 0 unspecified atom stereocenters. The fourth-order valence-corrected chi connectivity index (χ4v) is 2.95. The van der Waals surface area contributed by atoms with Crippen molar-refractivity contribution >= 4 is 34.7 Å². The summed E-state index contributed by atoms with van der Waals surface area (Å²) in [6.07, 6.45) is 0. The van der Waals surface area contributed by atoms with Gasteiger partial charge in [0, 0.05) is 23.9 Å². The Morgan fingerprint density at radius 2 is 1.77 bits per heavy atom. The van der Waals surface area contributed by atoms with Crippen molar-refractivity contribution in [2.45, 2.75) is 6.92 Å². The standard InChI is InChI=1S/C18H16N4O3S/c1-11(23)19-13-6-4-7-14(10-13)20-18(24)17-16(21-22-26-17)12-5-3-8-15(9-12)25-2/h3-10H,1-2H3,(H,19,23)(H,20,24). The number of anilines is 2. The number of aromatic nitrogens is 2. The number of hydrogen-bond donors (Lipinski definition) is 2. The van der Waals surface area contributed by atoms with Gasteiger partial charge in [-0.05, 0) is 41.9 Å². The Morgan fingerprint density at radius 1 is 1.04 bits per heavy atom. The zero-order chi connectivity index (χ0) is 18.5. The molecule has 2 N–H and O–H groups in total. The van der Waals surface area contributed by atoms with Gasteiger partial charge in [-0.1, -0.05) is 22.7 Å². The molecule has 8 heteroatoms. The number of nitrogens with one attached hydrogen (secondary N) is 2. The highest BCUT2D eigenvalue weighted by atomic mass is 32.1. The third kappa shape index (κ3) is 4.04. The zero-order valence-corrected chi connectivity index (χ0v) is 15.0. The average molecular weight is 368 g/mol. The summed E-state index contributed by atoms with van der Waals surface area (Å²) in [6, 6.07) is 14.2. The lowest BCUT2D eigenvalue weighted by Crippen LogP contribution is -2.12. The molecule has 132 valence electrons. The molecule has 3 rings (SSSR count). The van der Waals surface area contributed by atoms with E-state index in [-0.39, 0.29) is 11.8 Å². The van der Waals surface area contributed by atoms with Crippen molar-refractivity contribution < 1.29 is 14.3 Å². The maximum atomic E-state index is 12.7. The lowest BCUT2D eigenvalue weighted by atomic mass is 10.1.